The first-order valence-corrected chi connectivity index (χ1v) is 13.4. The smallest absolute Gasteiger partial charge is 0.276 e. The van der Waals surface area contributed by atoms with Gasteiger partial charge in [0.15, 0.2) is 0 Å². The molecule has 1 aromatic carbocycles. The monoisotopic (exact) mass is 436 g/mol. The molecule has 0 aliphatic rings. The number of unbranched alkanes of at least 4 members (excludes halogenated alkanes) is 3. The predicted octanol–water partition coefficient (Wildman–Crippen LogP) is 6.96. The van der Waals surface area contributed by atoms with E-state index in [-0.39, 0.29) is 5.91 Å². The molecule has 1 unspecified atom stereocenters. The summed E-state index contributed by atoms with van der Waals surface area (Å²) < 4.78 is 16.9. The zero-order valence-corrected chi connectivity index (χ0v) is 19.4. The van der Waals surface area contributed by atoms with Crippen molar-refractivity contribution >= 4 is 47.5 Å². The molecule has 0 aromatic heterocycles. The van der Waals surface area contributed by atoms with Crippen molar-refractivity contribution in [2.45, 2.75) is 57.3 Å². The molecule has 0 aliphatic carbocycles. The molecule has 8 heteroatoms. The van der Waals surface area contributed by atoms with Crippen LogP contribution in [-0.4, -0.2) is 34.5 Å². The number of hydrogen-bond acceptors (Lipinski definition) is 4. The molecule has 1 atom stereocenters. The summed E-state index contributed by atoms with van der Waals surface area (Å²) in [6, 6.07) is 7.41. The van der Waals surface area contributed by atoms with Gasteiger partial charge in [0.25, 0.3) is 0 Å². The van der Waals surface area contributed by atoms with E-state index in [0.717, 1.165) is 42.8 Å². The van der Waals surface area contributed by atoms with Crippen molar-refractivity contribution in [3.8, 4) is 0 Å². The molecule has 0 aliphatic heterocycles. The van der Waals surface area contributed by atoms with Crippen LogP contribution < -0.4 is 0 Å². The molecule has 26 heavy (non-hydrogen) atoms. The van der Waals surface area contributed by atoms with Crippen LogP contribution in [0.15, 0.2) is 29.2 Å². The summed E-state index contributed by atoms with van der Waals surface area (Å²) in [6.07, 6.45) is 5.52. The standard InChI is InChI=1S/C18H30ClN2O2PS2/c1-5-7-8-9-10-18(22)20(3)24(23,25-15-6-2)21(4)26-17-13-11-16(19)12-14-17/h11-14H,5-10,15H2,1-4H3. The Labute approximate surface area is 171 Å². The van der Waals surface area contributed by atoms with Gasteiger partial charge < -0.3 is 0 Å². The topological polar surface area (TPSA) is 40.6 Å². The molecule has 0 heterocycles. The summed E-state index contributed by atoms with van der Waals surface area (Å²) in [5.41, 5.74) is 0. The van der Waals surface area contributed by atoms with Crippen molar-refractivity contribution < 1.29 is 9.36 Å². The molecule has 148 valence electrons. The normalized spacial score (nSPS) is 13.6. The number of carbonyl (C=O) groups excluding carboxylic acids is 1. The quantitative estimate of drug-likeness (QED) is 0.201. The highest BCUT2D eigenvalue weighted by atomic mass is 35.5. The Hall–Kier alpha value is -0.130. The lowest BCUT2D eigenvalue weighted by molar-refractivity contribution is -0.125. The van der Waals surface area contributed by atoms with Gasteiger partial charge in [-0.1, -0.05) is 56.1 Å². The Morgan fingerprint density at radius 3 is 2.31 bits per heavy atom. The van der Waals surface area contributed by atoms with Gasteiger partial charge in [-0.3, -0.25) is 14.0 Å². The summed E-state index contributed by atoms with van der Waals surface area (Å²) in [4.78, 5) is 13.5. The summed E-state index contributed by atoms with van der Waals surface area (Å²) in [6.45, 7) is 1.15. The average molecular weight is 437 g/mol. The first kappa shape index (κ1) is 23.9. The maximum absolute atomic E-state index is 13.7. The van der Waals surface area contributed by atoms with Gasteiger partial charge in [-0.25, -0.2) is 0 Å². The largest absolute Gasteiger partial charge is 0.306 e. The van der Waals surface area contributed by atoms with Gasteiger partial charge in [0.05, 0.1) is 0 Å². The Kier molecular flexibility index (Phi) is 11.4. The van der Waals surface area contributed by atoms with Crippen LogP contribution >= 0.6 is 41.6 Å². The lowest BCUT2D eigenvalue weighted by atomic mass is 10.1. The van der Waals surface area contributed by atoms with E-state index in [1.807, 2.05) is 24.3 Å². The molecule has 0 N–H and O–H groups in total. The van der Waals surface area contributed by atoms with Crippen molar-refractivity contribution in [1.82, 2.24) is 8.75 Å². The third-order valence-corrected chi connectivity index (χ3v) is 11.7. The highest BCUT2D eigenvalue weighted by Gasteiger charge is 2.37. The number of carbonyl (C=O) groups is 1. The van der Waals surface area contributed by atoms with Crippen molar-refractivity contribution in [3.63, 3.8) is 0 Å². The van der Waals surface area contributed by atoms with E-state index >= 15 is 0 Å². The van der Waals surface area contributed by atoms with Crippen molar-refractivity contribution in [1.29, 1.82) is 0 Å². The van der Waals surface area contributed by atoms with Gasteiger partial charge in [-0.15, -0.1) is 0 Å². The first-order valence-electron chi connectivity index (χ1n) is 9.04. The minimum atomic E-state index is -3.04. The molecule has 4 nitrogen and oxygen atoms in total. The highest BCUT2D eigenvalue weighted by Crippen LogP contribution is 2.66. The molecule has 1 aromatic rings. The lowest BCUT2D eigenvalue weighted by Gasteiger charge is -2.33. The van der Waals surface area contributed by atoms with Crippen LogP contribution in [0.4, 0.5) is 0 Å². The van der Waals surface area contributed by atoms with E-state index in [2.05, 4.69) is 13.8 Å². The summed E-state index contributed by atoms with van der Waals surface area (Å²) >= 11 is 8.69. The van der Waals surface area contributed by atoms with Gasteiger partial charge >= 0.3 is 6.65 Å². The molecule has 0 saturated heterocycles. The molecule has 0 saturated carbocycles. The molecule has 1 rings (SSSR count). The van der Waals surface area contributed by atoms with Crippen LogP contribution in [-0.2, 0) is 9.36 Å². The molecule has 0 radical (unpaired) electrons. The lowest BCUT2D eigenvalue weighted by Crippen LogP contribution is -2.27. The van der Waals surface area contributed by atoms with Crippen LogP contribution in [0.25, 0.3) is 0 Å². The number of rotatable bonds is 12. The van der Waals surface area contributed by atoms with Crippen LogP contribution in [0, 0.1) is 0 Å². The van der Waals surface area contributed by atoms with E-state index in [1.54, 1.807) is 18.2 Å². The zero-order valence-electron chi connectivity index (χ0n) is 16.1. The second-order valence-corrected chi connectivity index (χ2v) is 13.0. The van der Waals surface area contributed by atoms with Gasteiger partial charge in [0.1, 0.15) is 0 Å². The fourth-order valence-corrected chi connectivity index (χ4v) is 8.77. The van der Waals surface area contributed by atoms with Gasteiger partial charge in [0, 0.05) is 36.2 Å². The SMILES string of the molecule is CCCCCCC(=O)N(C)P(=O)(SCCC)N(C)Sc1ccc(Cl)cc1. The van der Waals surface area contributed by atoms with Crippen LogP contribution in [0.2, 0.25) is 5.02 Å². The predicted molar refractivity (Wildman–Crippen MR) is 117 cm³/mol. The highest BCUT2D eigenvalue weighted by molar-refractivity contribution is 8.57. The Morgan fingerprint density at radius 2 is 1.73 bits per heavy atom. The van der Waals surface area contributed by atoms with Crippen molar-refractivity contribution in [2.75, 3.05) is 19.8 Å². The van der Waals surface area contributed by atoms with E-state index in [4.69, 9.17) is 11.6 Å². The number of amides is 1. The number of nitrogens with zero attached hydrogens (tertiary/aromatic N) is 2. The second kappa shape index (κ2) is 12.4. The summed E-state index contributed by atoms with van der Waals surface area (Å²) in [7, 11) is 3.47. The van der Waals surface area contributed by atoms with Gasteiger partial charge in [0.2, 0.25) is 5.91 Å². The van der Waals surface area contributed by atoms with Crippen LogP contribution in [0.5, 0.6) is 0 Å². The van der Waals surface area contributed by atoms with Crippen molar-refractivity contribution in [3.05, 3.63) is 29.3 Å². The fourth-order valence-electron chi connectivity index (χ4n) is 2.27. The fraction of sp³-hybridized carbons (Fsp3) is 0.611. The average Bonchev–Trinajstić information content (AvgIpc) is 2.64. The maximum Gasteiger partial charge on any atom is 0.306 e. The van der Waals surface area contributed by atoms with Crippen LogP contribution in [0.3, 0.4) is 0 Å². The van der Waals surface area contributed by atoms with E-state index in [1.165, 1.54) is 28.0 Å². The van der Waals surface area contributed by atoms with Crippen LogP contribution in [0.1, 0.15) is 52.4 Å². The Bertz CT molecular complexity index is 601. The molecule has 0 fully saturated rings. The first-order chi connectivity index (χ1) is 12.3. The summed E-state index contributed by atoms with van der Waals surface area (Å²) in [5.74, 6) is 0.701. The van der Waals surface area contributed by atoms with Gasteiger partial charge in [-0.05, 0) is 49.1 Å². The van der Waals surface area contributed by atoms with E-state index < -0.39 is 6.65 Å². The van der Waals surface area contributed by atoms with Crippen molar-refractivity contribution in [2.24, 2.45) is 0 Å². The minimum Gasteiger partial charge on any atom is -0.276 e. The third-order valence-electron chi connectivity index (χ3n) is 3.85. The molecular formula is C18H30ClN2O2PS2. The molecule has 0 bridgehead atoms. The third kappa shape index (κ3) is 7.47. The Morgan fingerprint density at radius 1 is 1.08 bits per heavy atom. The molecular weight excluding hydrogens is 407 g/mol. The molecule has 0 spiro atoms. The Balaban J connectivity index is 2.84. The second-order valence-electron chi connectivity index (χ2n) is 6.06. The maximum atomic E-state index is 13.7. The van der Waals surface area contributed by atoms with E-state index in [9.17, 15) is 9.36 Å². The zero-order chi connectivity index (χ0) is 19.6. The number of hydrogen-bond donors (Lipinski definition) is 0. The minimum absolute atomic E-state index is 0.0448. The number of halogens is 1. The van der Waals surface area contributed by atoms with E-state index in [0.29, 0.717) is 11.4 Å². The summed E-state index contributed by atoms with van der Waals surface area (Å²) in [5, 5.41) is 0.667. The number of benzene rings is 1. The molecule has 1 amide bonds. The van der Waals surface area contributed by atoms with Gasteiger partial charge in [-0.2, -0.15) is 4.08 Å².